The highest BCUT2D eigenvalue weighted by Crippen LogP contribution is 2.26. The van der Waals surface area contributed by atoms with Crippen molar-refractivity contribution in [3.8, 4) is 5.75 Å². The molecule has 0 aliphatic rings. The van der Waals surface area contributed by atoms with Gasteiger partial charge in [0.25, 0.3) is 0 Å². The van der Waals surface area contributed by atoms with E-state index >= 15 is 0 Å². The Morgan fingerprint density at radius 1 is 1.24 bits per heavy atom. The van der Waals surface area contributed by atoms with E-state index in [4.69, 9.17) is 0 Å². The largest absolute Gasteiger partial charge is 0.573 e. The maximum Gasteiger partial charge on any atom is 0.573 e. The number of para-hydroxylation sites is 1. The molecule has 17 heavy (non-hydrogen) atoms. The summed E-state index contributed by atoms with van der Waals surface area (Å²) in [6.45, 7) is 1.36. The van der Waals surface area contributed by atoms with E-state index < -0.39 is 6.36 Å². The molecule has 0 unspecified atom stereocenters. The fraction of sp³-hybridized carbons (Fsp3) is 0.364. The Morgan fingerprint density at radius 2 is 1.94 bits per heavy atom. The summed E-state index contributed by atoms with van der Waals surface area (Å²) in [5, 5.41) is 0. The third-order valence-corrected chi connectivity index (χ3v) is 1.95. The first-order chi connectivity index (χ1) is 8.03. The molecule has 0 fully saturated rings. The van der Waals surface area contributed by atoms with Crippen LogP contribution in [0.1, 0.15) is 12.0 Å². The minimum Gasteiger partial charge on any atom is -0.457 e. The van der Waals surface area contributed by atoms with E-state index in [1.807, 2.05) is 0 Å². The molecule has 1 radical (unpaired) electrons. The Bertz CT molecular complexity index is 363. The maximum absolute atomic E-state index is 12.1. The van der Waals surface area contributed by atoms with Crippen molar-refractivity contribution in [2.45, 2.75) is 19.2 Å². The lowest BCUT2D eigenvalue weighted by Crippen LogP contribution is -2.18. The summed E-state index contributed by atoms with van der Waals surface area (Å²) in [4.78, 5) is 9.75. The van der Waals surface area contributed by atoms with Gasteiger partial charge in [0.1, 0.15) is 5.75 Å². The molecule has 3 nitrogen and oxygen atoms in total. The fourth-order valence-electron chi connectivity index (χ4n) is 1.31. The molecular weight excluding hydrogens is 237 g/mol. The van der Waals surface area contributed by atoms with Gasteiger partial charge >= 0.3 is 12.8 Å². The highest BCUT2D eigenvalue weighted by atomic mass is 19.4. The number of benzene rings is 1. The van der Waals surface area contributed by atoms with Crippen molar-refractivity contribution in [3.63, 3.8) is 0 Å². The Kier molecular flexibility index (Phi) is 4.81. The lowest BCUT2D eigenvalue weighted by Gasteiger charge is -2.12. The van der Waals surface area contributed by atoms with Gasteiger partial charge < -0.3 is 9.47 Å². The Labute approximate surface area is 96.1 Å². The third-order valence-electron chi connectivity index (χ3n) is 1.95. The number of rotatable bonds is 6. The van der Waals surface area contributed by atoms with Crippen LogP contribution in [0, 0.1) is 0 Å². The molecule has 1 aromatic rings. The average molecular weight is 247 g/mol. The molecule has 0 bridgehead atoms. The molecular formula is C11H10F3O3. The van der Waals surface area contributed by atoms with Gasteiger partial charge in [0.15, 0.2) is 0 Å². The van der Waals surface area contributed by atoms with Crippen molar-refractivity contribution >= 4 is 6.47 Å². The van der Waals surface area contributed by atoms with Crippen LogP contribution in [0.25, 0.3) is 0 Å². The lowest BCUT2D eigenvalue weighted by atomic mass is 10.1. The van der Waals surface area contributed by atoms with Gasteiger partial charge in [0.2, 0.25) is 0 Å². The molecule has 0 aromatic heterocycles. The zero-order valence-corrected chi connectivity index (χ0v) is 8.79. The van der Waals surface area contributed by atoms with Crippen LogP contribution in [0.3, 0.4) is 0 Å². The van der Waals surface area contributed by atoms with Crippen LogP contribution in [0.2, 0.25) is 0 Å². The van der Waals surface area contributed by atoms with Gasteiger partial charge in [-0.05, 0) is 24.5 Å². The van der Waals surface area contributed by atoms with Crippen molar-refractivity contribution in [1.82, 2.24) is 0 Å². The number of alkyl halides is 3. The van der Waals surface area contributed by atoms with Crippen LogP contribution in [0.15, 0.2) is 24.3 Å². The second-order valence-corrected chi connectivity index (χ2v) is 3.19. The van der Waals surface area contributed by atoms with Crippen LogP contribution < -0.4 is 4.74 Å². The summed E-state index contributed by atoms with van der Waals surface area (Å²) in [6.07, 6.45) is -3.97. The highest BCUT2D eigenvalue weighted by molar-refractivity contribution is 5.38. The quantitative estimate of drug-likeness (QED) is 0.725. The Balaban J connectivity index is 2.61. The summed E-state index contributed by atoms with van der Waals surface area (Å²) >= 11 is 0. The van der Waals surface area contributed by atoms with E-state index in [0.717, 1.165) is 0 Å². The van der Waals surface area contributed by atoms with E-state index in [0.29, 0.717) is 18.4 Å². The fourth-order valence-corrected chi connectivity index (χ4v) is 1.31. The Morgan fingerprint density at radius 3 is 2.59 bits per heavy atom. The van der Waals surface area contributed by atoms with Crippen molar-refractivity contribution in [2.75, 3.05) is 6.61 Å². The summed E-state index contributed by atoms with van der Waals surface area (Å²) in [5.74, 6) is -0.227. The Hall–Kier alpha value is -1.72. The molecule has 93 valence electrons. The zero-order valence-electron chi connectivity index (χ0n) is 8.79. The van der Waals surface area contributed by atoms with Gasteiger partial charge in [0.05, 0.1) is 6.61 Å². The molecule has 6 heteroatoms. The average Bonchev–Trinajstić information content (AvgIpc) is 2.24. The number of halogens is 3. The van der Waals surface area contributed by atoms with Crippen molar-refractivity contribution < 1.29 is 27.4 Å². The van der Waals surface area contributed by atoms with Gasteiger partial charge in [-0.1, -0.05) is 18.2 Å². The molecule has 0 amide bonds. The topological polar surface area (TPSA) is 35.5 Å². The molecule has 0 saturated carbocycles. The predicted molar refractivity (Wildman–Crippen MR) is 53.1 cm³/mol. The minimum absolute atomic E-state index is 0.115. The predicted octanol–water partition coefficient (Wildman–Crippen LogP) is 2.60. The molecule has 0 N–H and O–H groups in total. The first-order valence-electron chi connectivity index (χ1n) is 4.85. The highest BCUT2D eigenvalue weighted by Gasteiger charge is 2.31. The SMILES string of the molecule is O=[C]OCCCc1ccccc1OC(F)(F)F. The summed E-state index contributed by atoms with van der Waals surface area (Å²) < 4.78 is 44.4. The normalized spacial score (nSPS) is 11.0. The number of carbonyl (C=O) groups excluding carboxylic acids is 1. The van der Waals surface area contributed by atoms with Crippen LogP contribution in [-0.2, 0) is 16.0 Å². The summed E-state index contributed by atoms with van der Waals surface area (Å²) in [6, 6.07) is 5.85. The first kappa shape index (κ1) is 13.3. The van der Waals surface area contributed by atoms with Crippen molar-refractivity contribution in [3.05, 3.63) is 29.8 Å². The van der Waals surface area contributed by atoms with Crippen molar-refractivity contribution in [1.29, 1.82) is 0 Å². The van der Waals surface area contributed by atoms with Crippen LogP contribution in [-0.4, -0.2) is 19.4 Å². The molecule has 0 saturated heterocycles. The molecule has 1 rings (SSSR count). The standard InChI is InChI=1S/C11H10F3O3/c12-11(13,14)17-10-6-2-1-4-9(10)5-3-7-16-8-15/h1-2,4,6H,3,5,7H2. The third kappa shape index (κ3) is 5.24. The smallest absolute Gasteiger partial charge is 0.457 e. The second-order valence-electron chi connectivity index (χ2n) is 3.19. The van der Waals surface area contributed by atoms with Gasteiger partial charge in [-0.25, -0.2) is 4.79 Å². The van der Waals surface area contributed by atoms with E-state index in [-0.39, 0.29) is 12.4 Å². The molecule has 0 heterocycles. The number of hydrogen-bond donors (Lipinski definition) is 0. The van der Waals surface area contributed by atoms with Gasteiger partial charge in [-0.15, -0.1) is 13.2 Å². The van der Waals surface area contributed by atoms with Gasteiger partial charge in [-0.3, -0.25) is 0 Å². The number of aryl methyl sites for hydroxylation is 1. The van der Waals surface area contributed by atoms with E-state index in [9.17, 15) is 18.0 Å². The van der Waals surface area contributed by atoms with E-state index in [1.54, 1.807) is 6.07 Å². The monoisotopic (exact) mass is 247 g/mol. The van der Waals surface area contributed by atoms with E-state index in [1.165, 1.54) is 24.7 Å². The zero-order chi connectivity index (χ0) is 12.7. The van der Waals surface area contributed by atoms with E-state index in [2.05, 4.69) is 9.47 Å². The molecule has 0 aliphatic carbocycles. The number of hydrogen-bond acceptors (Lipinski definition) is 3. The summed E-state index contributed by atoms with van der Waals surface area (Å²) in [5.41, 5.74) is 0.416. The number of ether oxygens (including phenoxy) is 2. The molecule has 1 aromatic carbocycles. The van der Waals surface area contributed by atoms with Crippen LogP contribution in [0.4, 0.5) is 13.2 Å². The molecule has 0 aliphatic heterocycles. The van der Waals surface area contributed by atoms with Gasteiger partial charge in [0, 0.05) is 0 Å². The molecule has 0 atom stereocenters. The van der Waals surface area contributed by atoms with Crippen LogP contribution in [0.5, 0.6) is 5.75 Å². The lowest BCUT2D eigenvalue weighted by molar-refractivity contribution is -0.274. The minimum atomic E-state index is -4.71. The maximum atomic E-state index is 12.1. The first-order valence-corrected chi connectivity index (χ1v) is 4.85. The van der Waals surface area contributed by atoms with Crippen molar-refractivity contribution in [2.24, 2.45) is 0 Å². The molecule has 0 spiro atoms. The van der Waals surface area contributed by atoms with Crippen LogP contribution >= 0.6 is 0 Å². The second kappa shape index (κ2) is 6.12. The summed E-state index contributed by atoms with van der Waals surface area (Å²) in [7, 11) is 0. The van der Waals surface area contributed by atoms with Gasteiger partial charge in [-0.2, -0.15) is 0 Å².